The number of fused-ring (bicyclic) bond motifs is 1. The van der Waals surface area contributed by atoms with Crippen LogP contribution in [-0.2, 0) is 11.2 Å². The predicted molar refractivity (Wildman–Crippen MR) is 59.4 cm³/mol. The lowest BCUT2D eigenvalue weighted by atomic mass is 9.87. The van der Waals surface area contributed by atoms with E-state index in [2.05, 4.69) is 9.97 Å². The molecule has 0 fully saturated rings. The van der Waals surface area contributed by atoms with Crippen molar-refractivity contribution >= 4 is 5.97 Å². The minimum atomic E-state index is -0.769. The van der Waals surface area contributed by atoms with E-state index >= 15 is 0 Å². The van der Waals surface area contributed by atoms with Crippen molar-refractivity contribution in [2.24, 2.45) is 0 Å². The van der Waals surface area contributed by atoms with Crippen LogP contribution in [0.25, 0.3) is 0 Å². The molecule has 2 rings (SSSR count). The summed E-state index contributed by atoms with van der Waals surface area (Å²) in [5.41, 5.74) is 1.74. The summed E-state index contributed by atoms with van der Waals surface area (Å²) < 4.78 is 0. The Bertz CT molecular complexity index is 415. The zero-order valence-electron chi connectivity index (χ0n) is 9.60. The molecule has 1 heterocycles. The van der Waals surface area contributed by atoms with Crippen LogP contribution in [0, 0.1) is 0 Å². The molecule has 0 amide bonds. The molecule has 1 aliphatic rings. The molecule has 0 aromatic carbocycles. The smallest absolute Gasteiger partial charge is 0.312 e. The van der Waals surface area contributed by atoms with Gasteiger partial charge in [-0.05, 0) is 24.8 Å². The van der Waals surface area contributed by atoms with Crippen LogP contribution in [-0.4, -0.2) is 21.0 Å². The number of aryl methyl sites for hydroxylation is 1. The maximum absolute atomic E-state index is 11.1. The molecule has 0 spiro atoms. The molecule has 0 aliphatic heterocycles. The first kappa shape index (κ1) is 11.0. The summed E-state index contributed by atoms with van der Waals surface area (Å²) in [5, 5.41) is 9.15. The summed E-state index contributed by atoms with van der Waals surface area (Å²) in [6, 6.07) is 0. The van der Waals surface area contributed by atoms with E-state index in [-0.39, 0.29) is 5.92 Å². The molecule has 16 heavy (non-hydrogen) atoms. The van der Waals surface area contributed by atoms with Gasteiger partial charge in [-0.3, -0.25) is 4.79 Å². The van der Waals surface area contributed by atoms with Crippen LogP contribution < -0.4 is 0 Å². The fourth-order valence-electron chi connectivity index (χ4n) is 2.08. The molecule has 0 saturated carbocycles. The topological polar surface area (TPSA) is 63.1 Å². The number of carboxylic acids is 1. The van der Waals surface area contributed by atoms with Gasteiger partial charge in [-0.25, -0.2) is 9.97 Å². The number of carboxylic acid groups (broad SMARTS) is 1. The largest absolute Gasteiger partial charge is 0.481 e. The number of hydrogen-bond donors (Lipinski definition) is 1. The van der Waals surface area contributed by atoms with Crippen LogP contribution in [0.15, 0.2) is 6.20 Å². The average molecular weight is 220 g/mol. The van der Waals surface area contributed by atoms with Gasteiger partial charge >= 0.3 is 5.97 Å². The van der Waals surface area contributed by atoms with Gasteiger partial charge in [0.25, 0.3) is 0 Å². The van der Waals surface area contributed by atoms with E-state index in [1.165, 1.54) is 0 Å². The molecular weight excluding hydrogens is 204 g/mol. The fourth-order valence-corrected chi connectivity index (χ4v) is 2.08. The molecule has 4 heteroatoms. The molecule has 0 radical (unpaired) electrons. The van der Waals surface area contributed by atoms with Crippen molar-refractivity contribution < 1.29 is 9.90 Å². The van der Waals surface area contributed by atoms with Crippen molar-refractivity contribution in [1.82, 2.24) is 9.97 Å². The Morgan fingerprint density at radius 1 is 1.56 bits per heavy atom. The van der Waals surface area contributed by atoms with Crippen molar-refractivity contribution in [2.75, 3.05) is 0 Å². The van der Waals surface area contributed by atoms with E-state index in [1.54, 1.807) is 6.20 Å². The van der Waals surface area contributed by atoms with E-state index in [9.17, 15) is 4.79 Å². The van der Waals surface area contributed by atoms with Crippen molar-refractivity contribution in [1.29, 1.82) is 0 Å². The second-order valence-corrected chi connectivity index (χ2v) is 4.58. The second kappa shape index (κ2) is 4.20. The Kier molecular flexibility index (Phi) is 2.90. The van der Waals surface area contributed by atoms with Gasteiger partial charge in [0.2, 0.25) is 0 Å². The van der Waals surface area contributed by atoms with Crippen molar-refractivity contribution in [3.63, 3.8) is 0 Å². The Hall–Kier alpha value is -1.45. The first-order valence-electron chi connectivity index (χ1n) is 5.68. The van der Waals surface area contributed by atoms with Crippen molar-refractivity contribution in [3.05, 3.63) is 23.3 Å². The minimum absolute atomic E-state index is 0.238. The lowest BCUT2D eigenvalue weighted by Gasteiger charge is -2.21. The molecule has 0 saturated heterocycles. The molecular formula is C12H16N2O2. The monoisotopic (exact) mass is 220 g/mol. The number of hydrogen-bond acceptors (Lipinski definition) is 3. The molecule has 1 N–H and O–H groups in total. The third kappa shape index (κ3) is 1.92. The SMILES string of the molecule is CC(C)c1ncc2c(n1)C(C(=O)O)CCC2. The van der Waals surface area contributed by atoms with Crippen LogP contribution in [0.4, 0.5) is 0 Å². The number of carbonyl (C=O) groups is 1. The Morgan fingerprint density at radius 3 is 2.94 bits per heavy atom. The number of rotatable bonds is 2. The number of aliphatic carboxylic acids is 1. The maximum Gasteiger partial charge on any atom is 0.312 e. The lowest BCUT2D eigenvalue weighted by molar-refractivity contribution is -0.139. The Morgan fingerprint density at radius 2 is 2.31 bits per heavy atom. The van der Waals surface area contributed by atoms with Crippen LogP contribution >= 0.6 is 0 Å². The summed E-state index contributed by atoms with van der Waals surface area (Å²) in [6.07, 6.45) is 4.30. The van der Waals surface area contributed by atoms with Gasteiger partial charge in [-0.2, -0.15) is 0 Å². The highest BCUT2D eigenvalue weighted by Crippen LogP contribution is 2.30. The zero-order chi connectivity index (χ0) is 11.7. The average Bonchev–Trinajstić information content (AvgIpc) is 2.27. The quantitative estimate of drug-likeness (QED) is 0.829. The highest BCUT2D eigenvalue weighted by molar-refractivity contribution is 5.76. The van der Waals surface area contributed by atoms with E-state index in [0.29, 0.717) is 6.42 Å². The molecule has 86 valence electrons. The Balaban J connectivity index is 2.44. The van der Waals surface area contributed by atoms with E-state index in [4.69, 9.17) is 5.11 Å². The van der Waals surface area contributed by atoms with Gasteiger partial charge in [-0.1, -0.05) is 13.8 Å². The second-order valence-electron chi connectivity index (χ2n) is 4.58. The van der Waals surface area contributed by atoms with Crippen molar-refractivity contribution in [2.45, 2.75) is 44.9 Å². The van der Waals surface area contributed by atoms with Gasteiger partial charge in [0.1, 0.15) is 5.82 Å². The molecule has 1 atom stereocenters. The zero-order valence-corrected chi connectivity index (χ0v) is 9.60. The first-order chi connectivity index (χ1) is 7.59. The molecule has 4 nitrogen and oxygen atoms in total. The standard InChI is InChI=1S/C12H16N2O2/c1-7(2)11-13-6-8-4-3-5-9(12(15)16)10(8)14-11/h6-7,9H,3-5H2,1-2H3,(H,15,16). The van der Waals surface area contributed by atoms with Crippen LogP contribution in [0.2, 0.25) is 0 Å². The molecule has 1 aliphatic carbocycles. The summed E-state index contributed by atoms with van der Waals surface area (Å²) >= 11 is 0. The number of aromatic nitrogens is 2. The van der Waals surface area contributed by atoms with E-state index in [1.807, 2.05) is 13.8 Å². The highest BCUT2D eigenvalue weighted by atomic mass is 16.4. The van der Waals surface area contributed by atoms with Gasteiger partial charge in [0.05, 0.1) is 11.6 Å². The summed E-state index contributed by atoms with van der Waals surface area (Å²) in [5.74, 6) is -0.229. The lowest BCUT2D eigenvalue weighted by Crippen LogP contribution is -2.21. The maximum atomic E-state index is 11.1. The van der Waals surface area contributed by atoms with E-state index in [0.717, 1.165) is 29.9 Å². The van der Waals surface area contributed by atoms with Crippen LogP contribution in [0.1, 0.15) is 55.6 Å². The van der Waals surface area contributed by atoms with Gasteiger partial charge in [0.15, 0.2) is 0 Å². The van der Waals surface area contributed by atoms with Crippen molar-refractivity contribution in [3.8, 4) is 0 Å². The Labute approximate surface area is 94.7 Å². The van der Waals surface area contributed by atoms with E-state index < -0.39 is 11.9 Å². The normalized spacial score (nSPS) is 19.6. The summed E-state index contributed by atoms with van der Waals surface area (Å²) in [4.78, 5) is 19.8. The molecule has 1 unspecified atom stereocenters. The summed E-state index contributed by atoms with van der Waals surface area (Å²) in [7, 11) is 0. The first-order valence-corrected chi connectivity index (χ1v) is 5.68. The van der Waals surface area contributed by atoms with Gasteiger partial charge < -0.3 is 5.11 Å². The highest BCUT2D eigenvalue weighted by Gasteiger charge is 2.28. The van der Waals surface area contributed by atoms with Crippen LogP contribution in [0.3, 0.4) is 0 Å². The molecule has 1 aromatic heterocycles. The fraction of sp³-hybridized carbons (Fsp3) is 0.583. The molecule has 1 aromatic rings. The predicted octanol–water partition coefficient (Wildman–Crippen LogP) is 2.10. The number of nitrogens with zero attached hydrogens (tertiary/aromatic N) is 2. The third-order valence-corrected chi connectivity index (χ3v) is 3.00. The summed E-state index contributed by atoms with van der Waals surface area (Å²) in [6.45, 7) is 4.03. The van der Waals surface area contributed by atoms with Gasteiger partial charge in [0, 0.05) is 12.1 Å². The minimum Gasteiger partial charge on any atom is -0.481 e. The van der Waals surface area contributed by atoms with Crippen LogP contribution in [0.5, 0.6) is 0 Å². The molecule has 0 bridgehead atoms. The van der Waals surface area contributed by atoms with Gasteiger partial charge in [-0.15, -0.1) is 0 Å². The third-order valence-electron chi connectivity index (χ3n) is 3.00.